The summed E-state index contributed by atoms with van der Waals surface area (Å²) in [6.45, 7) is 5.58. The van der Waals surface area contributed by atoms with Crippen LogP contribution in [0.4, 0.5) is 5.69 Å². The minimum Gasteiger partial charge on any atom is -0.452 e. The Kier molecular flexibility index (Phi) is 5.35. The molecule has 6 heteroatoms. The topological polar surface area (TPSA) is 73.2 Å². The van der Waals surface area contributed by atoms with Crippen LogP contribution in [0.25, 0.3) is 5.69 Å². The third kappa shape index (κ3) is 4.41. The predicted octanol–water partition coefficient (Wildman–Crippen LogP) is 3.59. The maximum atomic E-state index is 12.1. The Labute approximate surface area is 157 Å². The zero-order valence-electron chi connectivity index (χ0n) is 15.5. The molecule has 0 atom stereocenters. The van der Waals surface area contributed by atoms with E-state index in [1.54, 1.807) is 35.1 Å². The quantitative estimate of drug-likeness (QED) is 0.703. The molecule has 3 aromatic rings. The highest BCUT2D eigenvalue weighted by atomic mass is 16.5. The summed E-state index contributed by atoms with van der Waals surface area (Å²) in [5.74, 6) is -0.927. The number of anilines is 1. The number of hydrogen-bond donors (Lipinski definition) is 1. The Morgan fingerprint density at radius 1 is 1.00 bits per heavy atom. The number of hydrogen-bond acceptors (Lipinski definition) is 4. The molecule has 6 nitrogen and oxygen atoms in total. The number of carbonyl (C=O) groups excluding carboxylic acids is 2. The van der Waals surface area contributed by atoms with E-state index in [9.17, 15) is 9.59 Å². The summed E-state index contributed by atoms with van der Waals surface area (Å²) in [5.41, 5.74) is 5.13. The molecular formula is C21H21N3O3. The van der Waals surface area contributed by atoms with Gasteiger partial charge in [0.15, 0.2) is 6.61 Å². The van der Waals surface area contributed by atoms with Crippen molar-refractivity contribution in [2.45, 2.75) is 20.8 Å². The summed E-state index contributed by atoms with van der Waals surface area (Å²) in [4.78, 5) is 24.1. The summed E-state index contributed by atoms with van der Waals surface area (Å²) in [6, 6.07) is 14.4. The van der Waals surface area contributed by atoms with E-state index in [1.165, 1.54) is 0 Å². The molecule has 1 amide bonds. The molecule has 138 valence electrons. The van der Waals surface area contributed by atoms with Crippen LogP contribution in [0.5, 0.6) is 0 Å². The van der Waals surface area contributed by atoms with Gasteiger partial charge in [0.1, 0.15) is 0 Å². The lowest BCUT2D eigenvalue weighted by Gasteiger charge is -2.09. The standard InChI is InChI=1S/C21H21N3O3/c1-14-4-7-18(12-15(14)2)23-20(25)13-27-21(26)17-5-8-19(9-6-17)24-16(3)10-11-22-24/h4-12H,13H2,1-3H3,(H,23,25). The molecule has 1 heterocycles. The molecule has 0 spiro atoms. The molecule has 27 heavy (non-hydrogen) atoms. The number of amides is 1. The summed E-state index contributed by atoms with van der Waals surface area (Å²) >= 11 is 0. The Morgan fingerprint density at radius 3 is 2.37 bits per heavy atom. The van der Waals surface area contributed by atoms with Gasteiger partial charge in [-0.3, -0.25) is 4.79 Å². The van der Waals surface area contributed by atoms with Crippen molar-refractivity contribution in [3.8, 4) is 5.69 Å². The van der Waals surface area contributed by atoms with Crippen LogP contribution >= 0.6 is 0 Å². The number of aryl methyl sites for hydroxylation is 3. The molecule has 3 rings (SSSR count). The van der Waals surface area contributed by atoms with Gasteiger partial charge in [-0.1, -0.05) is 6.07 Å². The number of esters is 1. The van der Waals surface area contributed by atoms with Crippen LogP contribution in [0.3, 0.4) is 0 Å². The highest BCUT2D eigenvalue weighted by molar-refractivity contribution is 5.95. The maximum Gasteiger partial charge on any atom is 0.338 e. The second-order valence-electron chi connectivity index (χ2n) is 6.35. The van der Waals surface area contributed by atoms with E-state index in [1.807, 2.05) is 45.0 Å². The van der Waals surface area contributed by atoms with E-state index >= 15 is 0 Å². The van der Waals surface area contributed by atoms with Gasteiger partial charge in [-0.2, -0.15) is 5.10 Å². The van der Waals surface area contributed by atoms with Crippen molar-refractivity contribution in [3.63, 3.8) is 0 Å². The van der Waals surface area contributed by atoms with Crippen molar-refractivity contribution in [2.75, 3.05) is 11.9 Å². The van der Waals surface area contributed by atoms with Crippen molar-refractivity contribution in [2.24, 2.45) is 0 Å². The average molecular weight is 363 g/mol. The third-order valence-corrected chi connectivity index (χ3v) is 4.30. The number of aromatic nitrogens is 2. The maximum absolute atomic E-state index is 12.1. The molecule has 2 aromatic carbocycles. The van der Waals surface area contributed by atoms with E-state index < -0.39 is 5.97 Å². The number of nitrogens with zero attached hydrogens (tertiary/aromatic N) is 2. The Balaban J connectivity index is 1.56. The molecule has 0 saturated carbocycles. The third-order valence-electron chi connectivity index (χ3n) is 4.30. The molecule has 0 bridgehead atoms. The largest absolute Gasteiger partial charge is 0.452 e. The molecular weight excluding hydrogens is 342 g/mol. The zero-order chi connectivity index (χ0) is 19.4. The van der Waals surface area contributed by atoms with Crippen LogP contribution in [-0.2, 0) is 9.53 Å². The normalized spacial score (nSPS) is 10.5. The SMILES string of the molecule is Cc1ccc(NC(=O)COC(=O)c2ccc(-n3nccc3C)cc2)cc1C. The lowest BCUT2D eigenvalue weighted by atomic mass is 10.1. The molecule has 0 radical (unpaired) electrons. The van der Waals surface area contributed by atoms with Gasteiger partial charge in [0.2, 0.25) is 0 Å². The average Bonchev–Trinajstić information content (AvgIpc) is 3.09. The lowest BCUT2D eigenvalue weighted by Crippen LogP contribution is -2.21. The van der Waals surface area contributed by atoms with E-state index in [4.69, 9.17) is 4.74 Å². The highest BCUT2D eigenvalue weighted by Gasteiger charge is 2.11. The smallest absolute Gasteiger partial charge is 0.338 e. The fourth-order valence-electron chi connectivity index (χ4n) is 2.61. The first kappa shape index (κ1) is 18.4. The number of benzene rings is 2. The predicted molar refractivity (Wildman–Crippen MR) is 103 cm³/mol. The first-order valence-electron chi connectivity index (χ1n) is 8.59. The molecule has 0 aliphatic rings. The van der Waals surface area contributed by atoms with Crippen LogP contribution in [0, 0.1) is 20.8 Å². The molecule has 0 unspecified atom stereocenters. The molecule has 0 aliphatic carbocycles. The van der Waals surface area contributed by atoms with Crippen LogP contribution in [-0.4, -0.2) is 28.3 Å². The van der Waals surface area contributed by atoms with Gasteiger partial charge < -0.3 is 10.1 Å². The molecule has 0 saturated heterocycles. The molecule has 0 aliphatic heterocycles. The van der Waals surface area contributed by atoms with Gasteiger partial charge in [0, 0.05) is 17.6 Å². The molecule has 1 aromatic heterocycles. The van der Waals surface area contributed by atoms with Gasteiger partial charge in [-0.25, -0.2) is 9.48 Å². The summed E-state index contributed by atoms with van der Waals surface area (Å²) in [5, 5.41) is 6.94. The summed E-state index contributed by atoms with van der Waals surface area (Å²) in [7, 11) is 0. The van der Waals surface area contributed by atoms with E-state index in [0.29, 0.717) is 11.3 Å². The van der Waals surface area contributed by atoms with Crippen LogP contribution < -0.4 is 5.32 Å². The molecule has 1 N–H and O–H groups in total. The fraction of sp³-hybridized carbons (Fsp3) is 0.190. The Morgan fingerprint density at radius 2 is 1.74 bits per heavy atom. The Bertz CT molecular complexity index is 975. The van der Waals surface area contributed by atoms with Gasteiger partial charge in [0.05, 0.1) is 11.3 Å². The van der Waals surface area contributed by atoms with E-state index in [2.05, 4.69) is 10.4 Å². The van der Waals surface area contributed by atoms with Crippen LogP contribution in [0.1, 0.15) is 27.2 Å². The summed E-state index contributed by atoms with van der Waals surface area (Å²) in [6.07, 6.45) is 1.71. The second-order valence-corrected chi connectivity index (χ2v) is 6.35. The second kappa shape index (κ2) is 7.86. The van der Waals surface area contributed by atoms with Crippen LogP contribution in [0.15, 0.2) is 54.7 Å². The van der Waals surface area contributed by atoms with Crippen LogP contribution in [0.2, 0.25) is 0 Å². The molecule has 0 fully saturated rings. The monoisotopic (exact) mass is 363 g/mol. The first-order valence-corrected chi connectivity index (χ1v) is 8.59. The van der Waals surface area contributed by atoms with Gasteiger partial charge in [0.25, 0.3) is 5.91 Å². The zero-order valence-corrected chi connectivity index (χ0v) is 15.5. The van der Waals surface area contributed by atoms with Crippen molar-refractivity contribution in [1.82, 2.24) is 9.78 Å². The number of ether oxygens (including phenoxy) is 1. The minimum atomic E-state index is -0.547. The lowest BCUT2D eigenvalue weighted by molar-refractivity contribution is -0.119. The van der Waals surface area contributed by atoms with Gasteiger partial charge in [-0.15, -0.1) is 0 Å². The minimum absolute atomic E-state index is 0.341. The van der Waals surface area contributed by atoms with E-state index in [-0.39, 0.29) is 12.5 Å². The number of rotatable bonds is 5. The number of carbonyl (C=O) groups is 2. The Hall–Kier alpha value is -3.41. The van der Waals surface area contributed by atoms with Crippen molar-refractivity contribution in [1.29, 1.82) is 0 Å². The van der Waals surface area contributed by atoms with Crippen molar-refractivity contribution in [3.05, 3.63) is 77.1 Å². The van der Waals surface area contributed by atoms with Crippen molar-refractivity contribution >= 4 is 17.6 Å². The van der Waals surface area contributed by atoms with Crippen molar-refractivity contribution < 1.29 is 14.3 Å². The van der Waals surface area contributed by atoms with E-state index in [0.717, 1.165) is 22.5 Å². The fourth-order valence-corrected chi connectivity index (χ4v) is 2.61. The van der Waals surface area contributed by atoms with Gasteiger partial charge in [-0.05, 0) is 74.4 Å². The van der Waals surface area contributed by atoms with Gasteiger partial charge >= 0.3 is 5.97 Å². The highest BCUT2D eigenvalue weighted by Crippen LogP contribution is 2.14. The first-order chi connectivity index (χ1) is 12.9. The summed E-state index contributed by atoms with van der Waals surface area (Å²) < 4.78 is 6.87. The number of nitrogens with one attached hydrogen (secondary N) is 1.